The number of nitrogens with two attached hydrogens (primary N) is 3. The molecule has 0 fully saturated rings. The average molecular weight is 595 g/mol. The lowest BCUT2D eigenvalue weighted by Crippen LogP contribution is -2.13. The van der Waals surface area contributed by atoms with Gasteiger partial charge in [-0.3, -0.25) is 44.7 Å². The van der Waals surface area contributed by atoms with E-state index in [2.05, 4.69) is 0 Å². The standard InChI is InChI=1S/C14H10N4O6S2.C7H5ClN2O3/c15-13(19)9-5-7(17(21)22)1-3-11(9)25-26-12-4-2-8(18(23)24)6-10(12)14(16)20;8-6-2-1-4(10(12)13)3-5(6)7(9)11/h1-6H,(H2,15,19)(H2,16,20);1-3H,(H2,9,11). The van der Waals surface area contributed by atoms with Gasteiger partial charge < -0.3 is 17.2 Å². The number of carbonyl (C=O) groups excluding carboxylic acids is 3. The van der Waals surface area contributed by atoms with Gasteiger partial charge in [-0.05, 0) is 18.2 Å². The van der Waals surface area contributed by atoms with E-state index in [0.29, 0.717) is 9.79 Å². The molecule has 0 heterocycles. The van der Waals surface area contributed by atoms with Gasteiger partial charge in [-0.1, -0.05) is 33.2 Å². The largest absolute Gasteiger partial charge is 0.366 e. The number of nitro groups is 3. The van der Waals surface area contributed by atoms with Crippen molar-refractivity contribution in [1.29, 1.82) is 0 Å². The lowest BCUT2D eigenvalue weighted by Gasteiger charge is -2.08. The Hall–Kier alpha value is -4.74. The number of hydrogen-bond donors (Lipinski definition) is 3. The molecule has 18 heteroatoms. The molecule has 0 atom stereocenters. The highest BCUT2D eigenvalue weighted by Crippen LogP contribution is 2.42. The van der Waals surface area contributed by atoms with Crippen molar-refractivity contribution in [3.63, 3.8) is 0 Å². The van der Waals surface area contributed by atoms with Crippen LogP contribution in [-0.2, 0) is 0 Å². The normalized spacial score (nSPS) is 10.1. The first-order valence-corrected chi connectivity index (χ1v) is 12.5. The Balaban J connectivity index is 0.000000344. The Morgan fingerprint density at radius 2 is 0.897 bits per heavy atom. The van der Waals surface area contributed by atoms with Crippen molar-refractivity contribution in [3.05, 3.63) is 107 Å². The number of rotatable bonds is 9. The second-order valence-electron chi connectivity index (χ2n) is 7.06. The monoisotopic (exact) mass is 594 g/mol. The quantitative estimate of drug-likeness (QED) is 0.182. The van der Waals surface area contributed by atoms with E-state index in [1.54, 1.807) is 0 Å². The highest BCUT2D eigenvalue weighted by Gasteiger charge is 2.19. The highest BCUT2D eigenvalue weighted by atomic mass is 35.5. The topological polar surface area (TPSA) is 259 Å². The summed E-state index contributed by atoms with van der Waals surface area (Å²) >= 11 is 5.57. The number of hydrogen-bond acceptors (Lipinski definition) is 11. The smallest absolute Gasteiger partial charge is 0.270 e. The van der Waals surface area contributed by atoms with Gasteiger partial charge in [0.15, 0.2) is 0 Å². The van der Waals surface area contributed by atoms with Crippen LogP contribution in [0.4, 0.5) is 17.1 Å². The van der Waals surface area contributed by atoms with Gasteiger partial charge in [-0.15, -0.1) is 0 Å². The number of amides is 3. The van der Waals surface area contributed by atoms with E-state index >= 15 is 0 Å². The first-order valence-electron chi connectivity index (χ1n) is 9.97. The second kappa shape index (κ2) is 13.2. The van der Waals surface area contributed by atoms with E-state index in [4.69, 9.17) is 28.8 Å². The molecule has 0 saturated heterocycles. The molecule has 0 aliphatic heterocycles. The van der Waals surface area contributed by atoms with Crippen molar-refractivity contribution in [2.75, 3.05) is 0 Å². The summed E-state index contributed by atoms with van der Waals surface area (Å²) < 4.78 is 0. The molecular weight excluding hydrogens is 580 g/mol. The molecule has 3 aromatic rings. The minimum Gasteiger partial charge on any atom is -0.366 e. The first kappa shape index (κ1) is 30.5. The molecule has 3 rings (SSSR count). The Morgan fingerprint density at radius 1 is 0.590 bits per heavy atom. The molecule has 6 N–H and O–H groups in total. The van der Waals surface area contributed by atoms with E-state index in [1.165, 1.54) is 36.4 Å². The van der Waals surface area contributed by atoms with Crippen molar-refractivity contribution in [2.24, 2.45) is 17.2 Å². The zero-order valence-electron chi connectivity index (χ0n) is 19.1. The Labute approximate surface area is 230 Å². The third kappa shape index (κ3) is 8.12. The highest BCUT2D eigenvalue weighted by molar-refractivity contribution is 8.76. The Morgan fingerprint density at radius 3 is 1.21 bits per heavy atom. The van der Waals surface area contributed by atoms with Crippen LogP contribution in [0.3, 0.4) is 0 Å². The zero-order chi connectivity index (χ0) is 29.4. The van der Waals surface area contributed by atoms with Crippen molar-refractivity contribution in [3.8, 4) is 0 Å². The van der Waals surface area contributed by atoms with Crippen molar-refractivity contribution in [1.82, 2.24) is 0 Å². The summed E-state index contributed by atoms with van der Waals surface area (Å²) in [5.74, 6) is -2.49. The minimum atomic E-state index is -0.851. The molecule has 0 spiro atoms. The molecule has 15 nitrogen and oxygen atoms in total. The molecule has 0 aromatic heterocycles. The van der Waals surface area contributed by atoms with Gasteiger partial charge in [0.2, 0.25) is 17.7 Å². The van der Waals surface area contributed by atoms with E-state index in [9.17, 15) is 44.7 Å². The summed E-state index contributed by atoms with van der Waals surface area (Å²) in [6, 6.07) is 10.7. The average Bonchev–Trinajstić information content (AvgIpc) is 2.87. The van der Waals surface area contributed by atoms with Gasteiger partial charge in [-0.25, -0.2) is 0 Å². The fourth-order valence-electron chi connectivity index (χ4n) is 2.70. The number of halogens is 1. The maximum atomic E-state index is 11.5. The van der Waals surface area contributed by atoms with E-state index in [1.807, 2.05) is 0 Å². The van der Waals surface area contributed by atoms with Gasteiger partial charge >= 0.3 is 0 Å². The van der Waals surface area contributed by atoms with E-state index in [-0.39, 0.29) is 38.8 Å². The van der Waals surface area contributed by atoms with Crippen LogP contribution in [0.25, 0.3) is 0 Å². The number of non-ortho nitro benzene ring substituents is 3. The summed E-state index contributed by atoms with van der Waals surface area (Å²) in [6.45, 7) is 0. The zero-order valence-corrected chi connectivity index (χ0v) is 21.5. The molecule has 0 radical (unpaired) electrons. The molecule has 202 valence electrons. The van der Waals surface area contributed by atoms with Crippen LogP contribution in [0, 0.1) is 30.3 Å². The predicted octanol–water partition coefficient (Wildman–Crippen LogP) is 3.85. The summed E-state index contributed by atoms with van der Waals surface area (Å²) in [7, 11) is 2.02. The van der Waals surface area contributed by atoms with Crippen molar-refractivity contribution >= 4 is 68.0 Å². The van der Waals surface area contributed by atoms with Crippen molar-refractivity contribution in [2.45, 2.75) is 9.79 Å². The van der Waals surface area contributed by atoms with E-state index < -0.39 is 32.5 Å². The molecule has 0 saturated carbocycles. The lowest BCUT2D eigenvalue weighted by atomic mass is 10.2. The summed E-state index contributed by atoms with van der Waals surface area (Å²) in [4.78, 5) is 64.4. The van der Waals surface area contributed by atoms with Crippen molar-refractivity contribution < 1.29 is 29.2 Å². The van der Waals surface area contributed by atoms with Crippen LogP contribution >= 0.6 is 33.2 Å². The van der Waals surface area contributed by atoms with Crippen LogP contribution < -0.4 is 17.2 Å². The number of nitro benzene ring substituents is 3. The van der Waals surface area contributed by atoms with Gasteiger partial charge in [0.1, 0.15) is 0 Å². The maximum Gasteiger partial charge on any atom is 0.270 e. The number of benzene rings is 3. The fraction of sp³-hybridized carbons (Fsp3) is 0. The summed E-state index contributed by atoms with van der Waals surface area (Å²) in [6.07, 6.45) is 0. The number of carbonyl (C=O) groups is 3. The minimum absolute atomic E-state index is 0.0455. The Bertz CT molecular complexity index is 1440. The third-order valence-corrected chi connectivity index (χ3v) is 7.34. The number of nitrogens with zero attached hydrogens (tertiary/aromatic N) is 3. The SMILES string of the molecule is NC(=O)c1cc([N+](=O)[O-])ccc1Cl.NC(=O)c1cc([N+](=O)[O-])ccc1SSc1ccc([N+](=O)[O-])cc1C(N)=O. The Kier molecular flexibility index (Phi) is 10.3. The molecule has 0 bridgehead atoms. The van der Waals surface area contributed by atoms with Gasteiger partial charge in [-0.2, -0.15) is 0 Å². The summed E-state index contributed by atoms with van der Waals surface area (Å²) in [5.41, 5.74) is 14.5. The first-order chi connectivity index (χ1) is 18.2. The fourth-order valence-corrected chi connectivity index (χ4v) is 5.25. The molecule has 3 aromatic carbocycles. The van der Waals surface area contributed by atoms with Gasteiger partial charge in [0.25, 0.3) is 17.1 Å². The van der Waals surface area contributed by atoms with Gasteiger partial charge in [0.05, 0.1) is 36.5 Å². The maximum absolute atomic E-state index is 11.5. The van der Waals surface area contributed by atoms with Crippen LogP contribution in [-0.4, -0.2) is 32.5 Å². The number of primary amides is 3. The predicted molar refractivity (Wildman–Crippen MR) is 142 cm³/mol. The van der Waals surface area contributed by atoms with Crippen LogP contribution in [0.2, 0.25) is 5.02 Å². The third-order valence-electron chi connectivity index (χ3n) is 4.53. The van der Waals surface area contributed by atoms with Crippen LogP contribution in [0.5, 0.6) is 0 Å². The molecule has 0 aliphatic rings. The molecule has 3 amide bonds. The second-order valence-corrected chi connectivity index (χ2v) is 9.68. The van der Waals surface area contributed by atoms with Crippen LogP contribution in [0.15, 0.2) is 64.4 Å². The molecule has 39 heavy (non-hydrogen) atoms. The molecular formula is C21H15ClN6O9S2. The molecule has 0 unspecified atom stereocenters. The van der Waals surface area contributed by atoms with Gasteiger partial charge in [0, 0.05) is 46.2 Å². The van der Waals surface area contributed by atoms with Crippen LogP contribution in [0.1, 0.15) is 31.1 Å². The molecule has 0 aliphatic carbocycles. The summed E-state index contributed by atoms with van der Waals surface area (Å²) in [5, 5.41) is 32.0. The lowest BCUT2D eigenvalue weighted by molar-refractivity contribution is -0.385. The van der Waals surface area contributed by atoms with E-state index in [0.717, 1.165) is 39.8 Å².